The second kappa shape index (κ2) is 9.34. The van der Waals surface area contributed by atoms with Gasteiger partial charge in [0.2, 0.25) is 0 Å². The van der Waals surface area contributed by atoms with Crippen molar-refractivity contribution in [3.05, 3.63) is 52.9 Å². The molecular weight excluding hydrogens is 450 g/mol. The number of hydrogen-bond acceptors (Lipinski definition) is 6. The molecule has 0 aliphatic heterocycles. The lowest BCUT2D eigenvalue weighted by Gasteiger charge is -2.20. The molecule has 3 aromatic rings. The van der Waals surface area contributed by atoms with Crippen molar-refractivity contribution in [2.24, 2.45) is 0 Å². The second-order valence-electron chi connectivity index (χ2n) is 7.84. The molecule has 0 aliphatic carbocycles. The number of halogens is 1. The predicted octanol–water partition coefficient (Wildman–Crippen LogP) is 4.03. The predicted molar refractivity (Wildman–Crippen MR) is 119 cm³/mol. The molecule has 160 valence electrons. The summed E-state index contributed by atoms with van der Waals surface area (Å²) in [6.07, 6.45) is 4.95. The Morgan fingerprint density at radius 1 is 1.27 bits per heavy atom. The number of carbonyl (C=O) groups excluding carboxylic acids is 1. The largest absolute Gasteiger partial charge is 0.490 e. The normalized spacial score (nSPS) is 11.4. The maximum absolute atomic E-state index is 11.6. The molecule has 0 atom stereocenters. The molecule has 3 aromatic heterocycles. The number of alkyl carbamates (subject to hydrolysis) is 1. The molecule has 0 radical (unpaired) electrons. The molecule has 0 saturated carbocycles. The summed E-state index contributed by atoms with van der Waals surface area (Å²) in [6, 6.07) is 7.91. The van der Waals surface area contributed by atoms with Crippen molar-refractivity contribution in [3.63, 3.8) is 0 Å². The Hall–Kier alpha value is -2.81. The summed E-state index contributed by atoms with van der Waals surface area (Å²) < 4.78 is 13.6. The van der Waals surface area contributed by atoms with Gasteiger partial charge in [-0.2, -0.15) is 5.10 Å². The van der Waals surface area contributed by atoms with Crippen molar-refractivity contribution in [2.75, 3.05) is 25.1 Å². The molecule has 1 N–H and O–H groups in total. The minimum atomic E-state index is -0.516. The third-order valence-corrected chi connectivity index (χ3v) is 4.72. The van der Waals surface area contributed by atoms with Gasteiger partial charge in [-0.3, -0.25) is 0 Å². The first-order valence-corrected chi connectivity index (χ1v) is 10.4. The van der Waals surface area contributed by atoms with Gasteiger partial charge in [-0.1, -0.05) is 0 Å². The molecule has 9 heteroatoms. The highest BCUT2D eigenvalue weighted by molar-refractivity contribution is 9.10. The van der Waals surface area contributed by atoms with Gasteiger partial charge in [0.25, 0.3) is 0 Å². The van der Waals surface area contributed by atoms with Crippen LogP contribution in [0.1, 0.15) is 26.3 Å². The van der Waals surface area contributed by atoms with Crippen LogP contribution in [0.3, 0.4) is 0 Å². The van der Waals surface area contributed by atoms with Crippen LogP contribution in [0.4, 0.5) is 10.6 Å². The lowest BCUT2D eigenvalue weighted by molar-refractivity contribution is 0.0520. The third kappa shape index (κ3) is 6.09. The van der Waals surface area contributed by atoms with Crippen LogP contribution >= 0.6 is 15.9 Å². The molecule has 3 heterocycles. The maximum atomic E-state index is 11.6. The number of nitrogens with one attached hydrogen (secondary N) is 1. The highest BCUT2D eigenvalue weighted by Crippen LogP contribution is 2.21. The molecule has 0 aliphatic rings. The number of nitrogens with zero attached hydrogens (tertiary/aromatic N) is 4. The summed E-state index contributed by atoms with van der Waals surface area (Å²) in [6.45, 7) is 6.86. The Morgan fingerprint density at radius 3 is 2.77 bits per heavy atom. The molecule has 0 unspecified atom stereocenters. The van der Waals surface area contributed by atoms with Crippen molar-refractivity contribution in [2.45, 2.75) is 32.9 Å². The van der Waals surface area contributed by atoms with Crippen molar-refractivity contribution in [1.82, 2.24) is 19.9 Å². The van der Waals surface area contributed by atoms with Gasteiger partial charge in [-0.15, -0.1) is 0 Å². The standard InChI is InChI=1S/C21H26BrN5O3/c1-21(2,3)30-20(28)23-8-10-29-16-5-6-19(24-12-16)26(4)14-15-7-9-27-18(11-15)17(22)13-25-27/h5-7,9,11-13H,8,10,14H2,1-4H3,(H,23,28). The van der Waals surface area contributed by atoms with E-state index in [1.807, 2.05) is 56.7 Å². The minimum absolute atomic E-state index is 0.330. The van der Waals surface area contributed by atoms with Gasteiger partial charge in [0.15, 0.2) is 0 Å². The van der Waals surface area contributed by atoms with Crippen LogP contribution in [0.5, 0.6) is 5.75 Å². The fourth-order valence-corrected chi connectivity index (χ4v) is 3.16. The Bertz CT molecular complexity index is 998. The zero-order chi connectivity index (χ0) is 21.7. The van der Waals surface area contributed by atoms with Gasteiger partial charge in [0, 0.05) is 19.8 Å². The zero-order valence-corrected chi connectivity index (χ0v) is 19.1. The van der Waals surface area contributed by atoms with Gasteiger partial charge in [0.1, 0.15) is 23.8 Å². The van der Waals surface area contributed by atoms with E-state index in [1.165, 1.54) is 0 Å². The van der Waals surface area contributed by atoms with E-state index in [0.29, 0.717) is 25.4 Å². The van der Waals surface area contributed by atoms with Gasteiger partial charge < -0.3 is 19.7 Å². The molecule has 1 amide bonds. The smallest absolute Gasteiger partial charge is 0.407 e. The van der Waals surface area contributed by atoms with Crippen LogP contribution in [0.15, 0.2) is 47.3 Å². The summed E-state index contributed by atoms with van der Waals surface area (Å²) in [4.78, 5) is 18.1. The molecule has 0 bridgehead atoms. The Balaban J connectivity index is 1.48. The number of amides is 1. The van der Waals surface area contributed by atoms with Crippen LogP contribution in [0.2, 0.25) is 0 Å². The Labute approximate surface area is 184 Å². The minimum Gasteiger partial charge on any atom is -0.490 e. The van der Waals surface area contributed by atoms with E-state index >= 15 is 0 Å². The van der Waals surface area contributed by atoms with Gasteiger partial charge >= 0.3 is 6.09 Å². The molecule has 0 fully saturated rings. The molecule has 8 nitrogen and oxygen atoms in total. The molecular formula is C21H26BrN5O3. The van der Waals surface area contributed by atoms with Crippen molar-refractivity contribution in [1.29, 1.82) is 0 Å². The summed E-state index contributed by atoms with van der Waals surface area (Å²) in [7, 11) is 1.99. The number of ether oxygens (including phenoxy) is 2. The summed E-state index contributed by atoms with van der Waals surface area (Å²) >= 11 is 3.51. The zero-order valence-electron chi connectivity index (χ0n) is 17.6. The van der Waals surface area contributed by atoms with E-state index in [2.05, 4.69) is 42.3 Å². The lowest BCUT2D eigenvalue weighted by atomic mass is 10.2. The van der Waals surface area contributed by atoms with E-state index in [0.717, 1.165) is 21.4 Å². The van der Waals surface area contributed by atoms with Crippen molar-refractivity contribution in [3.8, 4) is 5.75 Å². The van der Waals surface area contributed by atoms with Crippen LogP contribution in [0.25, 0.3) is 5.52 Å². The van der Waals surface area contributed by atoms with E-state index in [9.17, 15) is 4.79 Å². The number of carbonyl (C=O) groups is 1. The summed E-state index contributed by atoms with van der Waals surface area (Å²) in [5, 5.41) is 6.92. The van der Waals surface area contributed by atoms with E-state index in [-0.39, 0.29) is 0 Å². The quantitative estimate of drug-likeness (QED) is 0.519. The molecule has 0 spiro atoms. The average molecular weight is 476 g/mol. The number of hydrogen-bond donors (Lipinski definition) is 1. The number of anilines is 1. The summed E-state index contributed by atoms with van der Waals surface area (Å²) in [5.41, 5.74) is 1.66. The van der Waals surface area contributed by atoms with E-state index in [4.69, 9.17) is 9.47 Å². The summed E-state index contributed by atoms with van der Waals surface area (Å²) in [5.74, 6) is 1.48. The Kier molecular flexibility index (Phi) is 6.81. The van der Waals surface area contributed by atoms with Crippen molar-refractivity contribution < 1.29 is 14.3 Å². The molecule has 0 aromatic carbocycles. The fraction of sp³-hybridized carbons (Fsp3) is 0.381. The van der Waals surface area contributed by atoms with Crippen LogP contribution in [-0.2, 0) is 11.3 Å². The van der Waals surface area contributed by atoms with E-state index < -0.39 is 11.7 Å². The van der Waals surface area contributed by atoms with Gasteiger partial charge in [-0.05, 0) is 66.5 Å². The average Bonchev–Trinajstić information content (AvgIpc) is 3.05. The lowest BCUT2D eigenvalue weighted by Crippen LogP contribution is -2.34. The van der Waals surface area contributed by atoms with Crippen LogP contribution in [-0.4, -0.2) is 46.5 Å². The highest BCUT2D eigenvalue weighted by Gasteiger charge is 2.15. The first-order valence-electron chi connectivity index (χ1n) is 9.60. The first-order chi connectivity index (χ1) is 14.2. The highest BCUT2D eigenvalue weighted by atomic mass is 79.9. The number of fused-ring (bicyclic) bond motifs is 1. The topological polar surface area (TPSA) is 81.0 Å². The molecule has 30 heavy (non-hydrogen) atoms. The SMILES string of the molecule is CN(Cc1ccn2ncc(Br)c2c1)c1ccc(OCCNC(=O)OC(C)(C)C)cn1. The maximum Gasteiger partial charge on any atom is 0.407 e. The first kappa shape index (κ1) is 21.9. The van der Waals surface area contributed by atoms with Gasteiger partial charge in [0.05, 0.1) is 28.9 Å². The second-order valence-corrected chi connectivity index (χ2v) is 8.70. The van der Waals surface area contributed by atoms with Crippen molar-refractivity contribution >= 4 is 33.4 Å². The number of aromatic nitrogens is 3. The van der Waals surface area contributed by atoms with E-state index in [1.54, 1.807) is 12.4 Å². The fourth-order valence-electron chi connectivity index (χ4n) is 2.77. The number of rotatable bonds is 7. The molecule has 3 rings (SSSR count). The number of pyridine rings is 2. The van der Waals surface area contributed by atoms with Crippen LogP contribution in [0, 0.1) is 0 Å². The molecule has 0 saturated heterocycles. The monoisotopic (exact) mass is 475 g/mol. The Morgan fingerprint density at radius 2 is 2.07 bits per heavy atom. The van der Waals surface area contributed by atoms with Gasteiger partial charge in [-0.25, -0.2) is 14.3 Å². The third-order valence-electron chi connectivity index (χ3n) is 4.11. The van der Waals surface area contributed by atoms with Crippen LogP contribution < -0.4 is 15.0 Å².